The van der Waals surface area contributed by atoms with Crippen molar-refractivity contribution in [1.82, 2.24) is 4.98 Å². The lowest BCUT2D eigenvalue weighted by atomic mass is 10.0. The van der Waals surface area contributed by atoms with E-state index in [2.05, 4.69) is 4.98 Å². The van der Waals surface area contributed by atoms with E-state index < -0.39 is 11.9 Å². The van der Waals surface area contributed by atoms with Gasteiger partial charge < -0.3 is 9.84 Å². The SMILES string of the molecule is COc1cc([C@H](C)C(=O)O)c(Cl)cn1. The van der Waals surface area contributed by atoms with Crippen molar-refractivity contribution in [1.29, 1.82) is 0 Å². The van der Waals surface area contributed by atoms with Gasteiger partial charge in [0, 0.05) is 12.3 Å². The third-order valence-electron chi connectivity index (χ3n) is 1.91. The van der Waals surface area contributed by atoms with E-state index in [0.29, 0.717) is 16.5 Å². The van der Waals surface area contributed by atoms with Crippen LogP contribution in [0.5, 0.6) is 5.88 Å². The third kappa shape index (κ3) is 2.14. The van der Waals surface area contributed by atoms with Crippen molar-refractivity contribution in [2.24, 2.45) is 0 Å². The molecule has 0 amide bonds. The molecule has 0 fully saturated rings. The molecule has 4 nitrogen and oxygen atoms in total. The second-order valence-corrected chi connectivity index (χ2v) is 3.22. The van der Waals surface area contributed by atoms with Crippen molar-refractivity contribution in [3.05, 3.63) is 22.8 Å². The molecule has 0 bridgehead atoms. The van der Waals surface area contributed by atoms with Gasteiger partial charge in [-0.25, -0.2) is 4.98 Å². The van der Waals surface area contributed by atoms with Crippen LogP contribution in [-0.2, 0) is 4.79 Å². The average Bonchev–Trinajstić information content (AvgIpc) is 2.17. The van der Waals surface area contributed by atoms with Crippen molar-refractivity contribution in [3.8, 4) is 5.88 Å². The second-order valence-electron chi connectivity index (χ2n) is 2.81. The van der Waals surface area contributed by atoms with Gasteiger partial charge in [-0.3, -0.25) is 4.79 Å². The van der Waals surface area contributed by atoms with Crippen LogP contribution in [0.4, 0.5) is 0 Å². The zero-order valence-corrected chi connectivity index (χ0v) is 8.58. The molecule has 1 N–H and O–H groups in total. The maximum Gasteiger partial charge on any atom is 0.310 e. The summed E-state index contributed by atoms with van der Waals surface area (Å²) in [7, 11) is 1.46. The van der Waals surface area contributed by atoms with Crippen molar-refractivity contribution in [3.63, 3.8) is 0 Å². The van der Waals surface area contributed by atoms with Crippen molar-refractivity contribution < 1.29 is 14.6 Å². The van der Waals surface area contributed by atoms with Crippen LogP contribution in [0.2, 0.25) is 5.02 Å². The highest BCUT2D eigenvalue weighted by Gasteiger charge is 2.17. The lowest BCUT2D eigenvalue weighted by Gasteiger charge is -2.09. The molecule has 0 saturated carbocycles. The summed E-state index contributed by atoms with van der Waals surface area (Å²) in [5, 5.41) is 9.14. The Balaban J connectivity index is 3.11. The highest BCUT2D eigenvalue weighted by molar-refractivity contribution is 6.31. The Morgan fingerprint density at radius 3 is 2.86 bits per heavy atom. The summed E-state index contributed by atoms with van der Waals surface area (Å²) in [6.45, 7) is 1.56. The fraction of sp³-hybridized carbons (Fsp3) is 0.333. The molecule has 1 heterocycles. The number of nitrogens with zero attached hydrogens (tertiary/aromatic N) is 1. The van der Waals surface area contributed by atoms with Crippen LogP contribution in [0.25, 0.3) is 0 Å². The number of rotatable bonds is 3. The first-order chi connectivity index (χ1) is 6.56. The van der Waals surface area contributed by atoms with E-state index in [9.17, 15) is 4.79 Å². The predicted molar refractivity (Wildman–Crippen MR) is 51.8 cm³/mol. The number of pyridine rings is 1. The molecule has 76 valence electrons. The Bertz CT molecular complexity index is 354. The van der Waals surface area contributed by atoms with Gasteiger partial charge in [0.15, 0.2) is 0 Å². The van der Waals surface area contributed by atoms with Gasteiger partial charge in [-0.2, -0.15) is 0 Å². The molecule has 0 aliphatic heterocycles. The molecule has 1 aromatic heterocycles. The van der Waals surface area contributed by atoms with E-state index in [1.54, 1.807) is 6.92 Å². The van der Waals surface area contributed by atoms with E-state index in [1.165, 1.54) is 19.4 Å². The Labute approximate surface area is 86.5 Å². The molecular weight excluding hydrogens is 206 g/mol. The summed E-state index contributed by atoms with van der Waals surface area (Å²) in [6.07, 6.45) is 1.38. The fourth-order valence-electron chi connectivity index (χ4n) is 1.01. The average molecular weight is 216 g/mol. The predicted octanol–water partition coefficient (Wildman–Crippen LogP) is 1.93. The van der Waals surface area contributed by atoms with Crippen LogP contribution >= 0.6 is 11.6 Å². The quantitative estimate of drug-likeness (QED) is 0.837. The van der Waals surface area contributed by atoms with Gasteiger partial charge >= 0.3 is 5.97 Å². The number of halogens is 1. The number of hydrogen-bond donors (Lipinski definition) is 1. The monoisotopic (exact) mass is 215 g/mol. The number of carbonyl (C=O) groups is 1. The molecule has 1 rings (SSSR count). The van der Waals surface area contributed by atoms with E-state index in [-0.39, 0.29) is 0 Å². The first kappa shape index (κ1) is 10.8. The Morgan fingerprint density at radius 2 is 2.36 bits per heavy atom. The summed E-state index contributed by atoms with van der Waals surface area (Å²) in [5.74, 6) is -1.24. The molecule has 0 aromatic carbocycles. The molecule has 0 unspecified atom stereocenters. The number of carboxylic acids is 1. The minimum atomic E-state index is -0.930. The third-order valence-corrected chi connectivity index (χ3v) is 2.22. The largest absolute Gasteiger partial charge is 0.481 e. The lowest BCUT2D eigenvalue weighted by Crippen LogP contribution is -2.08. The van der Waals surface area contributed by atoms with Gasteiger partial charge in [0.25, 0.3) is 0 Å². The van der Waals surface area contributed by atoms with Gasteiger partial charge in [0.05, 0.1) is 18.1 Å². The van der Waals surface area contributed by atoms with Crippen LogP contribution in [0.15, 0.2) is 12.3 Å². The standard InChI is InChI=1S/C9H10ClNO3/c1-5(9(12)13)6-3-8(14-2)11-4-7(6)10/h3-5H,1-2H3,(H,12,13)/t5-/m0/s1. The topological polar surface area (TPSA) is 59.4 Å². The van der Waals surface area contributed by atoms with Crippen LogP contribution in [0, 0.1) is 0 Å². The fourth-order valence-corrected chi connectivity index (χ4v) is 1.28. The Kier molecular flexibility index (Phi) is 3.30. The van der Waals surface area contributed by atoms with Gasteiger partial charge in [0.1, 0.15) is 0 Å². The number of methoxy groups -OCH3 is 1. The number of carboxylic acid groups (broad SMARTS) is 1. The summed E-state index contributed by atoms with van der Waals surface area (Å²) in [6, 6.07) is 1.53. The number of aromatic nitrogens is 1. The maximum absolute atomic E-state index is 10.7. The number of aliphatic carboxylic acids is 1. The van der Waals surface area contributed by atoms with Gasteiger partial charge in [-0.05, 0) is 12.5 Å². The maximum atomic E-state index is 10.7. The summed E-state index contributed by atoms with van der Waals surface area (Å²) < 4.78 is 4.88. The van der Waals surface area contributed by atoms with E-state index in [4.69, 9.17) is 21.4 Å². The zero-order valence-electron chi connectivity index (χ0n) is 7.82. The molecule has 0 saturated heterocycles. The van der Waals surface area contributed by atoms with Crippen LogP contribution in [0.3, 0.4) is 0 Å². The lowest BCUT2D eigenvalue weighted by molar-refractivity contribution is -0.138. The summed E-state index contributed by atoms with van der Waals surface area (Å²) >= 11 is 5.81. The van der Waals surface area contributed by atoms with Crippen molar-refractivity contribution in [2.45, 2.75) is 12.8 Å². The Morgan fingerprint density at radius 1 is 1.71 bits per heavy atom. The number of hydrogen-bond acceptors (Lipinski definition) is 3. The molecule has 14 heavy (non-hydrogen) atoms. The van der Waals surface area contributed by atoms with E-state index in [0.717, 1.165) is 0 Å². The summed E-state index contributed by atoms with van der Waals surface area (Å²) in [4.78, 5) is 14.6. The molecule has 1 aromatic rings. The first-order valence-corrected chi connectivity index (χ1v) is 4.36. The van der Waals surface area contributed by atoms with Gasteiger partial charge in [-0.15, -0.1) is 0 Å². The molecular formula is C9H10ClNO3. The van der Waals surface area contributed by atoms with Crippen LogP contribution in [0.1, 0.15) is 18.4 Å². The van der Waals surface area contributed by atoms with Crippen molar-refractivity contribution >= 4 is 17.6 Å². The molecule has 5 heteroatoms. The van der Waals surface area contributed by atoms with E-state index in [1.807, 2.05) is 0 Å². The van der Waals surface area contributed by atoms with E-state index >= 15 is 0 Å². The first-order valence-electron chi connectivity index (χ1n) is 3.98. The van der Waals surface area contributed by atoms with Crippen LogP contribution < -0.4 is 4.74 Å². The van der Waals surface area contributed by atoms with Crippen molar-refractivity contribution in [2.75, 3.05) is 7.11 Å². The zero-order chi connectivity index (χ0) is 10.7. The Hall–Kier alpha value is -1.29. The highest BCUT2D eigenvalue weighted by atomic mass is 35.5. The normalized spacial score (nSPS) is 12.2. The smallest absolute Gasteiger partial charge is 0.310 e. The molecule has 1 atom stereocenters. The van der Waals surface area contributed by atoms with Crippen LogP contribution in [-0.4, -0.2) is 23.2 Å². The van der Waals surface area contributed by atoms with Gasteiger partial charge in [0.2, 0.25) is 5.88 Å². The highest BCUT2D eigenvalue weighted by Crippen LogP contribution is 2.26. The summed E-state index contributed by atoms with van der Waals surface area (Å²) in [5.41, 5.74) is 0.506. The number of ether oxygens (including phenoxy) is 1. The molecule has 0 spiro atoms. The van der Waals surface area contributed by atoms with Gasteiger partial charge in [-0.1, -0.05) is 11.6 Å². The minimum absolute atomic E-state index is 0.334. The minimum Gasteiger partial charge on any atom is -0.481 e. The molecule has 0 aliphatic rings. The molecule has 0 radical (unpaired) electrons. The second kappa shape index (κ2) is 4.28. The molecule has 0 aliphatic carbocycles.